The zero-order chi connectivity index (χ0) is 12.4. The lowest BCUT2D eigenvalue weighted by Crippen LogP contribution is -2.25. The van der Waals surface area contributed by atoms with Gasteiger partial charge < -0.3 is 15.4 Å². The number of nitrogens with zero attached hydrogens (tertiary/aromatic N) is 1. The van der Waals surface area contributed by atoms with E-state index in [2.05, 4.69) is 0 Å². The van der Waals surface area contributed by atoms with Gasteiger partial charge in [-0.3, -0.25) is 4.79 Å². The van der Waals surface area contributed by atoms with Gasteiger partial charge in [-0.25, -0.2) is 0 Å². The van der Waals surface area contributed by atoms with Gasteiger partial charge in [0.15, 0.2) is 0 Å². The molecule has 0 aromatic heterocycles. The molecule has 2 N–H and O–H groups in total. The number of anilines is 1. The second-order valence-electron chi connectivity index (χ2n) is 4.53. The summed E-state index contributed by atoms with van der Waals surface area (Å²) in [7, 11) is 1.78. The van der Waals surface area contributed by atoms with Crippen LogP contribution in [-0.4, -0.2) is 25.6 Å². The van der Waals surface area contributed by atoms with Crippen molar-refractivity contribution in [2.45, 2.75) is 25.8 Å². The number of rotatable bonds is 2. The molecular formula is C13H18N2O2. The fourth-order valence-corrected chi connectivity index (χ4v) is 2.00. The van der Waals surface area contributed by atoms with Crippen LogP contribution in [0, 0.1) is 0 Å². The second kappa shape index (κ2) is 4.75. The lowest BCUT2D eigenvalue weighted by Gasteiger charge is -2.17. The summed E-state index contributed by atoms with van der Waals surface area (Å²) < 4.78 is 5.56. The molecule has 1 aromatic rings. The van der Waals surface area contributed by atoms with E-state index in [1.807, 2.05) is 25.1 Å². The third-order valence-corrected chi connectivity index (χ3v) is 2.89. The second-order valence-corrected chi connectivity index (χ2v) is 4.53. The Morgan fingerprint density at radius 3 is 3.00 bits per heavy atom. The van der Waals surface area contributed by atoms with E-state index < -0.39 is 0 Å². The summed E-state index contributed by atoms with van der Waals surface area (Å²) in [4.78, 5) is 13.4. The van der Waals surface area contributed by atoms with Crippen molar-refractivity contribution in [3.05, 3.63) is 23.8 Å². The Labute approximate surface area is 101 Å². The SMILES string of the molecule is CC(N)Cc1ccc2c(c1)N(C)C(=O)CCO2. The molecule has 0 spiro atoms. The number of carbonyl (C=O) groups excluding carboxylic acids is 1. The van der Waals surface area contributed by atoms with Crippen molar-refractivity contribution in [1.29, 1.82) is 0 Å². The maximum absolute atomic E-state index is 11.7. The smallest absolute Gasteiger partial charge is 0.230 e. The maximum Gasteiger partial charge on any atom is 0.230 e. The van der Waals surface area contributed by atoms with Crippen LogP contribution in [0.2, 0.25) is 0 Å². The van der Waals surface area contributed by atoms with Crippen molar-refractivity contribution >= 4 is 11.6 Å². The van der Waals surface area contributed by atoms with Gasteiger partial charge in [0.1, 0.15) is 5.75 Å². The van der Waals surface area contributed by atoms with Crippen molar-refractivity contribution in [2.24, 2.45) is 5.73 Å². The minimum absolute atomic E-state index is 0.0849. The molecule has 4 nitrogen and oxygen atoms in total. The molecule has 1 heterocycles. The molecule has 92 valence electrons. The molecule has 1 aromatic carbocycles. The molecule has 0 fully saturated rings. The Hall–Kier alpha value is -1.55. The number of fused-ring (bicyclic) bond motifs is 1. The summed E-state index contributed by atoms with van der Waals surface area (Å²) in [5, 5.41) is 0. The molecule has 1 aliphatic rings. The van der Waals surface area contributed by atoms with Gasteiger partial charge in [0.05, 0.1) is 18.7 Å². The molecule has 1 amide bonds. The molecule has 17 heavy (non-hydrogen) atoms. The molecule has 1 aliphatic heterocycles. The maximum atomic E-state index is 11.7. The van der Waals surface area contributed by atoms with Gasteiger partial charge >= 0.3 is 0 Å². The summed E-state index contributed by atoms with van der Waals surface area (Å²) in [5.74, 6) is 0.855. The van der Waals surface area contributed by atoms with E-state index in [-0.39, 0.29) is 11.9 Å². The Balaban J connectivity index is 2.35. The topological polar surface area (TPSA) is 55.6 Å². The summed E-state index contributed by atoms with van der Waals surface area (Å²) in [6, 6.07) is 6.02. The lowest BCUT2D eigenvalue weighted by molar-refractivity contribution is -0.118. The highest BCUT2D eigenvalue weighted by Gasteiger charge is 2.20. The summed E-state index contributed by atoms with van der Waals surface area (Å²) in [5.41, 5.74) is 7.75. The van der Waals surface area contributed by atoms with Gasteiger partial charge in [-0.05, 0) is 31.0 Å². The highest BCUT2D eigenvalue weighted by molar-refractivity contribution is 5.95. The largest absolute Gasteiger partial charge is 0.491 e. The predicted octanol–water partition coefficient (Wildman–Crippen LogP) is 1.32. The third kappa shape index (κ3) is 2.58. The zero-order valence-corrected chi connectivity index (χ0v) is 10.3. The molecule has 2 rings (SSSR count). The molecule has 1 unspecified atom stereocenters. The summed E-state index contributed by atoms with van der Waals surface area (Å²) in [6.07, 6.45) is 1.23. The van der Waals surface area contributed by atoms with Crippen LogP contribution in [0.25, 0.3) is 0 Å². The standard InChI is InChI=1S/C13H18N2O2/c1-9(14)7-10-3-4-12-11(8-10)15(2)13(16)5-6-17-12/h3-4,8-9H,5-7,14H2,1-2H3. The Morgan fingerprint density at radius 2 is 2.29 bits per heavy atom. The van der Waals surface area contributed by atoms with Crippen LogP contribution in [0.4, 0.5) is 5.69 Å². The average Bonchev–Trinajstić information content (AvgIpc) is 2.40. The fraction of sp³-hybridized carbons (Fsp3) is 0.462. The van der Waals surface area contributed by atoms with Crippen molar-refractivity contribution in [2.75, 3.05) is 18.6 Å². The number of carbonyl (C=O) groups is 1. The van der Waals surface area contributed by atoms with Gasteiger partial charge in [-0.1, -0.05) is 6.07 Å². The van der Waals surface area contributed by atoms with E-state index in [4.69, 9.17) is 10.5 Å². The number of hydrogen-bond donors (Lipinski definition) is 1. The Kier molecular flexibility index (Phi) is 3.33. The van der Waals surface area contributed by atoms with Crippen LogP contribution in [0.3, 0.4) is 0 Å². The minimum Gasteiger partial charge on any atom is -0.491 e. The number of benzene rings is 1. The number of amides is 1. The molecule has 0 radical (unpaired) electrons. The number of hydrogen-bond acceptors (Lipinski definition) is 3. The lowest BCUT2D eigenvalue weighted by atomic mass is 10.1. The van der Waals surface area contributed by atoms with E-state index in [0.29, 0.717) is 13.0 Å². The molecular weight excluding hydrogens is 216 g/mol. The van der Waals surface area contributed by atoms with E-state index in [1.165, 1.54) is 0 Å². The van der Waals surface area contributed by atoms with Gasteiger partial charge in [-0.15, -0.1) is 0 Å². The van der Waals surface area contributed by atoms with Crippen LogP contribution in [0.15, 0.2) is 18.2 Å². The Bertz CT molecular complexity index is 429. The van der Waals surface area contributed by atoms with Gasteiger partial charge in [-0.2, -0.15) is 0 Å². The van der Waals surface area contributed by atoms with E-state index in [0.717, 1.165) is 23.4 Å². The molecule has 0 saturated carbocycles. The summed E-state index contributed by atoms with van der Waals surface area (Å²) in [6.45, 7) is 2.42. The van der Waals surface area contributed by atoms with Crippen LogP contribution in [0.1, 0.15) is 18.9 Å². The third-order valence-electron chi connectivity index (χ3n) is 2.89. The van der Waals surface area contributed by atoms with Crippen molar-refractivity contribution < 1.29 is 9.53 Å². The molecule has 0 saturated heterocycles. The van der Waals surface area contributed by atoms with E-state index in [9.17, 15) is 4.79 Å². The monoisotopic (exact) mass is 234 g/mol. The van der Waals surface area contributed by atoms with E-state index >= 15 is 0 Å². The molecule has 4 heteroatoms. The van der Waals surface area contributed by atoms with Crippen molar-refractivity contribution in [3.8, 4) is 5.75 Å². The van der Waals surface area contributed by atoms with Gasteiger partial charge in [0.2, 0.25) is 5.91 Å². The van der Waals surface area contributed by atoms with Gasteiger partial charge in [0, 0.05) is 13.1 Å². The molecule has 0 aliphatic carbocycles. The first-order chi connectivity index (χ1) is 8.08. The highest BCUT2D eigenvalue weighted by atomic mass is 16.5. The molecule has 0 bridgehead atoms. The predicted molar refractivity (Wildman–Crippen MR) is 67.3 cm³/mol. The quantitative estimate of drug-likeness (QED) is 0.839. The van der Waals surface area contributed by atoms with Crippen LogP contribution in [0.5, 0.6) is 5.75 Å². The first kappa shape index (κ1) is 11.9. The van der Waals surface area contributed by atoms with Crippen molar-refractivity contribution in [3.63, 3.8) is 0 Å². The Morgan fingerprint density at radius 1 is 1.53 bits per heavy atom. The zero-order valence-electron chi connectivity index (χ0n) is 10.3. The first-order valence-electron chi connectivity index (χ1n) is 5.86. The average molecular weight is 234 g/mol. The van der Waals surface area contributed by atoms with Crippen LogP contribution < -0.4 is 15.4 Å². The van der Waals surface area contributed by atoms with Crippen molar-refractivity contribution in [1.82, 2.24) is 0 Å². The van der Waals surface area contributed by atoms with Gasteiger partial charge in [0.25, 0.3) is 0 Å². The highest BCUT2D eigenvalue weighted by Crippen LogP contribution is 2.31. The van der Waals surface area contributed by atoms with Crippen LogP contribution >= 0.6 is 0 Å². The molecule has 1 atom stereocenters. The number of nitrogens with two attached hydrogens (primary N) is 1. The minimum atomic E-state index is 0.0849. The summed E-state index contributed by atoms with van der Waals surface area (Å²) >= 11 is 0. The fourth-order valence-electron chi connectivity index (χ4n) is 2.00. The van der Waals surface area contributed by atoms with E-state index in [1.54, 1.807) is 11.9 Å². The normalized spacial score (nSPS) is 17.1. The number of ether oxygens (including phenoxy) is 1. The first-order valence-corrected chi connectivity index (χ1v) is 5.86. The van der Waals surface area contributed by atoms with Crippen LogP contribution in [-0.2, 0) is 11.2 Å².